The van der Waals surface area contributed by atoms with Crippen LogP contribution in [-0.4, -0.2) is 22.8 Å². The summed E-state index contributed by atoms with van der Waals surface area (Å²) in [4.78, 5) is 0. The second kappa shape index (κ2) is 5.93. The van der Waals surface area contributed by atoms with E-state index in [1.165, 1.54) is 11.3 Å². The summed E-state index contributed by atoms with van der Waals surface area (Å²) in [6.45, 7) is 5.14. The Kier molecular flexibility index (Phi) is 4.82. The monoisotopic (exact) mass is 214 g/mol. The number of hydrogen-bond acceptors (Lipinski definition) is 5. The molecule has 0 spiro atoms. The highest BCUT2D eigenvalue weighted by molar-refractivity contribution is 7.13. The molecule has 0 saturated carbocycles. The predicted molar refractivity (Wildman–Crippen MR) is 60.4 cm³/mol. The molecule has 0 aliphatic heterocycles. The predicted octanol–water partition coefficient (Wildman–Crippen LogP) is 1.71. The number of nitrogens with two attached hydrogens (primary N) is 1. The van der Waals surface area contributed by atoms with Crippen LogP contribution in [0.3, 0.4) is 0 Å². The van der Waals surface area contributed by atoms with Crippen LogP contribution in [0.5, 0.6) is 0 Å². The van der Waals surface area contributed by atoms with Gasteiger partial charge in [-0.2, -0.15) is 0 Å². The van der Waals surface area contributed by atoms with Crippen molar-refractivity contribution >= 4 is 16.5 Å². The standard InChI is InChI=1S/C9H18N4S/c1-3-7(4-2)8(10)5-11-9-13-12-6-14-9/h6-8H,3-5,10H2,1-2H3,(H,11,13). The van der Waals surface area contributed by atoms with Crippen LogP contribution in [0.25, 0.3) is 0 Å². The van der Waals surface area contributed by atoms with E-state index in [1.54, 1.807) is 5.51 Å². The largest absolute Gasteiger partial charge is 0.359 e. The summed E-state index contributed by atoms with van der Waals surface area (Å²) in [5.41, 5.74) is 7.76. The first-order valence-electron chi connectivity index (χ1n) is 5.03. The molecule has 0 bridgehead atoms. The second-order valence-electron chi connectivity index (χ2n) is 3.37. The van der Waals surface area contributed by atoms with Crippen molar-refractivity contribution in [3.8, 4) is 0 Å². The van der Waals surface area contributed by atoms with E-state index < -0.39 is 0 Å². The van der Waals surface area contributed by atoms with E-state index in [0.29, 0.717) is 5.92 Å². The van der Waals surface area contributed by atoms with Gasteiger partial charge in [-0.1, -0.05) is 38.0 Å². The molecule has 80 valence electrons. The molecule has 1 heterocycles. The Morgan fingerprint density at radius 3 is 2.71 bits per heavy atom. The minimum atomic E-state index is 0.203. The fourth-order valence-electron chi connectivity index (χ4n) is 1.52. The van der Waals surface area contributed by atoms with E-state index in [0.717, 1.165) is 24.5 Å². The molecule has 4 nitrogen and oxygen atoms in total. The van der Waals surface area contributed by atoms with Crippen LogP contribution in [-0.2, 0) is 0 Å². The van der Waals surface area contributed by atoms with Gasteiger partial charge in [0.25, 0.3) is 0 Å². The molecule has 0 aliphatic rings. The third kappa shape index (κ3) is 3.23. The molecule has 5 heteroatoms. The normalized spacial score (nSPS) is 13.1. The van der Waals surface area contributed by atoms with Crippen molar-refractivity contribution < 1.29 is 0 Å². The Balaban J connectivity index is 2.30. The van der Waals surface area contributed by atoms with Gasteiger partial charge in [0, 0.05) is 12.6 Å². The maximum Gasteiger partial charge on any atom is 0.205 e. The lowest BCUT2D eigenvalue weighted by Crippen LogP contribution is -2.36. The van der Waals surface area contributed by atoms with Gasteiger partial charge in [0.15, 0.2) is 0 Å². The summed E-state index contributed by atoms with van der Waals surface area (Å²) < 4.78 is 0. The number of nitrogens with one attached hydrogen (secondary N) is 1. The third-order valence-electron chi connectivity index (χ3n) is 2.50. The zero-order chi connectivity index (χ0) is 10.4. The van der Waals surface area contributed by atoms with Gasteiger partial charge in [-0.15, -0.1) is 10.2 Å². The summed E-state index contributed by atoms with van der Waals surface area (Å²) >= 11 is 1.50. The summed E-state index contributed by atoms with van der Waals surface area (Å²) in [5.74, 6) is 0.593. The highest BCUT2D eigenvalue weighted by atomic mass is 32.1. The molecule has 0 aliphatic carbocycles. The smallest absolute Gasteiger partial charge is 0.205 e. The summed E-state index contributed by atoms with van der Waals surface area (Å²) in [6.07, 6.45) is 2.27. The molecule has 1 aromatic rings. The zero-order valence-corrected chi connectivity index (χ0v) is 9.55. The minimum Gasteiger partial charge on any atom is -0.359 e. The second-order valence-corrected chi connectivity index (χ2v) is 4.20. The van der Waals surface area contributed by atoms with Crippen LogP contribution < -0.4 is 11.1 Å². The van der Waals surface area contributed by atoms with Crippen LogP contribution in [0.2, 0.25) is 0 Å². The van der Waals surface area contributed by atoms with Crippen molar-refractivity contribution in [2.75, 3.05) is 11.9 Å². The molecule has 0 saturated heterocycles. The Hall–Kier alpha value is -0.680. The zero-order valence-electron chi connectivity index (χ0n) is 8.73. The van der Waals surface area contributed by atoms with Crippen molar-refractivity contribution in [3.05, 3.63) is 5.51 Å². The number of rotatable bonds is 6. The van der Waals surface area contributed by atoms with Gasteiger partial charge < -0.3 is 11.1 Å². The first-order valence-corrected chi connectivity index (χ1v) is 5.91. The van der Waals surface area contributed by atoms with Crippen LogP contribution >= 0.6 is 11.3 Å². The number of nitrogens with zero attached hydrogens (tertiary/aromatic N) is 2. The number of hydrogen-bond donors (Lipinski definition) is 2. The Bertz CT molecular complexity index is 233. The van der Waals surface area contributed by atoms with Gasteiger partial charge in [-0.25, -0.2) is 0 Å². The summed E-state index contributed by atoms with van der Waals surface area (Å²) in [7, 11) is 0. The van der Waals surface area contributed by atoms with Crippen molar-refractivity contribution in [2.24, 2.45) is 11.7 Å². The summed E-state index contributed by atoms with van der Waals surface area (Å²) in [5, 5.41) is 11.7. The van der Waals surface area contributed by atoms with E-state index in [9.17, 15) is 0 Å². The fourth-order valence-corrected chi connectivity index (χ4v) is 1.97. The lowest BCUT2D eigenvalue weighted by Gasteiger charge is -2.20. The third-order valence-corrected chi connectivity index (χ3v) is 3.15. The molecule has 0 radical (unpaired) electrons. The van der Waals surface area contributed by atoms with Gasteiger partial charge in [0.2, 0.25) is 5.13 Å². The Morgan fingerprint density at radius 2 is 2.21 bits per heavy atom. The maximum atomic E-state index is 6.05. The molecule has 1 atom stereocenters. The molecule has 0 aromatic carbocycles. The van der Waals surface area contributed by atoms with Gasteiger partial charge in [0.05, 0.1) is 0 Å². The van der Waals surface area contributed by atoms with E-state index in [4.69, 9.17) is 5.73 Å². The Morgan fingerprint density at radius 1 is 1.50 bits per heavy atom. The average molecular weight is 214 g/mol. The Labute approximate surface area is 88.9 Å². The van der Waals surface area contributed by atoms with E-state index in [-0.39, 0.29) is 6.04 Å². The lowest BCUT2D eigenvalue weighted by molar-refractivity contribution is 0.407. The van der Waals surface area contributed by atoms with Crippen LogP contribution in [0.15, 0.2) is 5.51 Å². The molecule has 0 amide bonds. The van der Waals surface area contributed by atoms with E-state index in [2.05, 4.69) is 29.4 Å². The molecular formula is C9H18N4S. The topological polar surface area (TPSA) is 63.8 Å². The van der Waals surface area contributed by atoms with Crippen LogP contribution in [0.4, 0.5) is 5.13 Å². The van der Waals surface area contributed by atoms with Crippen LogP contribution in [0.1, 0.15) is 26.7 Å². The van der Waals surface area contributed by atoms with Crippen molar-refractivity contribution in [2.45, 2.75) is 32.7 Å². The molecule has 1 rings (SSSR count). The molecule has 3 N–H and O–H groups in total. The molecule has 0 fully saturated rings. The highest BCUT2D eigenvalue weighted by Crippen LogP contribution is 2.13. The van der Waals surface area contributed by atoms with Crippen molar-refractivity contribution in [1.29, 1.82) is 0 Å². The minimum absolute atomic E-state index is 0.203. The summed E-state index contributed by atoms with van der Waals surface area (Å²) in [6, 6.07) is 0.203. The fraction of sp³-hybridized carbons (Fsp3) is 0.778. The quantitative estimate of drug-likeness (QED) is 0.756. The number of aromatic nitrogens is 2. The molecule has 1 unspecified atom stereocenters. The van der Waals surface area contributed by atoms with Crippen molar-refractivity contribution in [3.63, 3.8) is 0 Å². The first-order chi connectivity index (χ1) is 6.77. The highest BCUT2D eigenvalue weighted by Gasteiger charge is 2.13. The van der Waals surface area contributed by atoms with Gasteiger partial charge in [0.1, 0.15) is 5.51 Å². The van der Waals surface area contributed by atoms with Gasteiger partial charge >= 0.3 is 0 Å². The van der Waals surface area contributed by atoms with Gasteiger partial charge in [-0.05, 0) is 5.92 Å². The van der Waals surface area contributed by atoms with E-state index in [1.807, 2.05) is 0 Å². The van der Waals surface area contributed by atoms with Crippen LogP contribution in [0, 0.1) is 5.92 Å². The average Bonchev–Trinajstić information content (AvgIpc) is 2.69. The lowest BCUT2D eigenvalue weighted by atomic mass is 9.95. The molecular weight excluding hydrogens is 196 g/mol. The van der Waals surface area contributed by atoms with E-state index >= 15 is 0 Å². The number of anilines is 1. The SMILES string of the molecule is CCC(CC)C(N)CNc1nncs1. The van der Waals surface area contributed by atoms with Crippen molar-refractivity contribution in [1.82, 2.24) is 10.2 Å². The van der Waals surface area contributed by atoms with Gasteiger partial charge in [-0.3, -0.25) is 0 Å². The maximum absolute atomic E-state index is 6.05. The first kappa shape index (κ1) is 11.4. The molecule has 14 heavy (non-hydrogen) atoms. The molecule has 1 aromatic heterocycles.